The topological polar surface area (TPSA) is 15.3 Å². The van der Waals surface area contributed by atoms with E-state index in [2.05, 4.69) is 38.2 Å². The Kier molecular flexibility index (Phi) is 6.50. The lowest BCUT2D eigenvalue weighted by molar-refractivity contribution is 0.0915. The van der Waals surface area contributed by atoms with Crippen LogP contribution >= 0.6 is 0 Å². The van der Waals surface area contributed by atoms with E-state index in [9.17, 15) is 0 Å². The number of nitrogens with zero attached hydrogens (tertiary/aromatic N) is 1. The van der Waals surface area contributed by atoms with Crippen LogP contribution in [0, 0.1) is 5.41 Å². The van der Waals surface area contributed by atoms with E-state index in [4.69, 9.17) is 0 Å². The van der Waals surface area contributed by atoms with Gasteiger partial charge in [0.25, 0.3) is 0 Å². The van der Waals surface area contributed by atoms with Crippen LogP contribution in [0.2, 0.25) is 0 Å². The molecule has 0 bridgehead atoms. The molecule has 0 heterocycles. The average Bonchev–Trinajstić information content (AvgIpc) is 2.31. The molecule has 1 saturated carbocycles. The lowest BCUT2D eigenvalue weighted by atomic mass is 9.73. The molecule has 0 radical (unpaired) electrons. The Morgan fingerprint density at radius 1 is 1.12 bits per heavy atom. The van der Waals surface area contributed by atoms with Crippen LogP contribution in [-0.2, 0) is 0 Å². The minimum atomic E-state index is 0.546. The van der Waals surface area contributed by atoms with E-state index in [0.29, 0.717) is 5.41 Å². The van der Waals surface area contributed by atoms with Crippen LogP contribution in [0.1, 0.15) is 58.8 Å². The van der Waals surface area contributed by atoms with Crippen LogP contribution in [-0.4, -0.2) is 38.1 Å². The minimum Gasteiger partial charge on any atom is -0.319 e. The zero-order valence-corrected chi connectivity index (χ0v) is 12.4. The van der Waals surface area contributed by atoms with E-state index in [1.54, 1.807) is 0 Å². The Balaban J connectivity index is 2.58. The van der Waals surface area contributed by atoms with Crippen molar-refractivity contribution in [2.75, 3.05) is 27.2 Å². The Bertz CT molecular complexity index is 188. The van der Waals surface area contributed by atoms with E-state index in [-0.39, 0.29) is 0 Å². The smallest absolute Gasteiger partial charge is 0.00872 e. The molecule has 1 rings (SSSR count). The molecule has 0 aromatic heterocycles. The molecule has 2 nitrogen and oxygen atoms in total. The molecule has 1 fully saturated rings. The quantitative estimate of drug-likeness (QED) is 0.735. The summed E-state index contributed by atoms with van der Waals surface area (Å²) in [5.74, 6) is 0. The Morgan fingerprint density at radius 2 is 1.71 bits per heavy atom. The predicted octanol–water partition coefficient (Wildman–Crippen LogP) is 3.28. The highest BCUT2D eigenvalue weighted by molar-refractivity contribution is 4.88. The molecular formula is C15H32N2. The maximum Gasteiger partial charge on any atom is 0.00872 e. The van der Waals surface area contributed by atoms with Gasteiger partial charge in [-0.1, -0.05) is 33.1 Å². The lowest BCUT2D eigenvalue weighted by Crippen LogP contribution is -2.46. The van der Waals surface area contributed by atoms with E-state index in [1.807, 2.05) is 0 Å². The summed E-state index contributed by atoms with van der Waals surface area (Å²) < 4.78 is 0. The first-order chi connectivity index (χ1) is 8.17. The van der Waals surface area contributed by atoms with Crippen LogP contribution < -0.4 is 5.32 Å². The molecule has 0 amide bonds. The fourth-order valence-electron chi connectivity index (χ4n) is 3.64. The van der Waals surface area contributed by atoms with Crippen molar-refractivity contribution in [3.05, 3.63) is 0 Å². The Morgan fingerprint density at radius 3 is 2.18 bits per heavy atom. The van der Waals surface area contributed by atoms with Gasteiger partial charge < -0.3 is 10.2 Å². The van der Waals surface area contributed by atoms with Crippen molar-refractivity contribution in [3.8, 4) is 0 Å². The molecule has 1 aliphatic rings. The maximum absolute atomic E-state index is 3.43. The second-order valence-electron chi connectivity index (χ2n) is 5.98. The van der Waals surface area contributed by atoms with E-state index >= 15 is 0 Å². The molecule has 1 aliphatic carbocycles. The molecule has 0 aromatic rings. The van der Waals surface area contributed by atoms with Gasteiger partial charge in [-0.25, -0.2) is 0 Å². The summed E-state index contributed by atoms with van der Waals surface area (Å²) >= 11 is 0. The fourth-order valence-corrected chi connectivity index (χ4v) is 3.64. The third-order valence-corrected chi connectivity index (χ3v) is 4.62. The van der Waals surface area contributed by atoms with Crippen molar-refractivity contribution in [2.45, 2.75) is 64.8 Å². The zero-order chi connectivity index (χ0) is 12.7. The first-order valence-corrected chi connectivity index (χ1v) is 7.52. The molecule has 0 aliphatic heterocycles. The molecule has 102 valence electrons. The lowest BCUT2D eigenvalue weighted by Gasteiger charge is -2.42. The van der Waals surface area contributed by atoms with Gasteiger partial charge in [-0.3, -0.25) is 0 Å². The number of rotatable bonds is 7. The third-order valence-electron chi connectivity index (χ3n) is 4.62. The van der Waals surface area contributed by atoms with Gasteiger partial charge in [0.05, 0.1) is 0 Å². The Hall–Kier alpha value is -0.0800. The summed E-state index contributed by atoms with van der Waals surface area (Å²) in [6, 6.07) is 0.769. The highest BCUT2D eigenvalue weighted by Gasteiger charge is 2.33. The first-order valence-electron chi connectivity index (χ1n) is 7.52. The molecule has 1 N–H and O–H groups in total. The van der Waals surface area contributed by atoms with Crippen molar-refractivity contribution >= 4 is 0 Å². The molecule has 0 aromatic carbocycles. The van der Waals surface area contributed by atoms with Crippen molar-refractivity contribution in [2.24, 2.45) is 5.41 Å². The molecule has 0 spiro atoms. The predicted molar refractivity (Wildman–Crippen MR) is 76.4 cm³/mol. The Labute approximate surface area is 108 Å². The van der Waals surface area contributed by atoms with Gasteiger partial charge in [0.1, 0.15) is 0 Å². The molecular weight excluding hydrogens is 208 g/mol. The minimum absolute atomic E-state index is 0.546. The van der Waals surface area contributed by atoms with Gasteiger partial charge in [-0.2, -0.15) is 0 Å². The van der Waals surface area contributed by atoms with Gasteiger partial charge in [0.2, 0.25) is 0 Å². The van der Waals surface area contributed by atoms with Gasteiger partial charge >= 0.3 is 0 Å². The highest BCUT2D eigenvalue weighted by Crippen LogP contribution is 2.36. The van der Waals surface area contributed by atoms with Crippen molar-refractivity contribution < 1.29 is 0 Å². The number of nitrogens with one attached hydrogen (secondary N) is 1. The van der Waals surface area contributed by atoms with E-state index in [1.165, 1.54) is 58.0 Å². The van der Waals surface area contributed by atoms with E-state index in [0.717, 1.165) is 6.04 Å². The van der Waals surface area contributed by atoms with Crippen LogP contribution in [0.15, 0.2) is 0 Å². The molecule has 2 heteroatoms. The second-order valence-corrected chi connectivity index (χ2v) is 5.98. The zero-order valence-electron chi connectivity index (χ0n) is 12.4. The van der Waals surface area contributed by atoms with Gasteiger partial charge in [-0.15, -0.1) is 0 Å². The largest absolute Gasteiger partial charge is 0.319 e. The van der Waals surface area contributed by atoms with Crippen LogP contribution in [0.4, 0.5) is 0 Å². The summed E-state index contributed by atoms with van der Waals surface area (Å²) in [5.41, 5.74) is 0.546. The van der Waals surface area contributed by atoms with Crippen molar-refractivity contribution in [1.29, 1.82) is 0 Å². The van der Waals surface area contributed by atoms with E-state index < -0.39 is 0 Å². The monoisotopic (exact) mass is 240 g/mol. The fraction of sp³-hybridized carbons (Fsp3) is 1.00. The van der Waals surface area contributed by atoms with Gasteiger partial charge in [0.15, 0.2) is 0 Å². The van der Waals surface area contributed by atoms with Crippen molar-refractivity contribution in [1.82, 2.24) is 10.2 Å². The van der Waals surface area contributed by atoms with Crippen LogP contribution in [0.25, 0.3) is 0 Å². The highest BCUT2D eigenvalue weighted by atomic mass is 15.1. The summed E-state index contributed by atoms with van der Waals surface area (Å²) in [7, 11) is 4.43. The standard InChI is InChI=1S/C15H32N2/c1-5-14(6-2)17(4)13-15(12-16-3)10-8-7-9-11-15/h14,16H,5-13H2,1-4H3. The normalized spacial score (nSPS) is 20.1. The van der Waals surface area contributed by atoms with Crippen molar-refractivity contribution in [3.63, 3.8) is 0 Å². The van der Waals surface area contributed by atoms with Crippen LogP contribution in [0.3, 0.4) is 0 Å². The van der Waals surface area contributed by atoms with Gasteiger partial charge in [-0.05, 0) is 45.2 Å². The number of hydrogen-bond acceptors (Lipinski definition) is 2. The first kappa shape index (κ1) is 15.0. The van der Waals surface area contributed by atoms with Crippen LogP contribution in [0.5, 0.6) is 0 Å². The summed E-state index contributed by atoms with van der Waals surface area (Å²) in [6.45, 7) is 7.10. The average molecular weight is 240 g/mol. The second kappa shape index (κ2) is 7.38. The molecule has 17 heavy (non-hydrogen) atoms. The third kappa shape index (κ3) is 4.26. The molecule has 0 unspecified atom stereocenters. The summed E-state index contributed by atoms with van der Waals surface area (Å²) in [5, 5.41) is 3.43. The maximum atomic E-state index is 3.43. The van der Waals surface area contributed by atoms with Gasteiger partial charge in [0, 0.05) is 19.1 Å². The SMILES string of the molecule is CCC(CC)N(C)CC1(CNC)CCCCC1. The molecule has 0 saturated heterocycles. The summed E-state index contributed by atoms with van der Waals surface area (Å²) in [4.78, 5) is 2.61. The summed E-state index contributed by atoms with van der Waals surface area (Å²) in [6.07, 6.45) is 9.69. The molecule has 0 atom stereocenters. The number of hydrogen-bond donors (Lipinski definition) is 1.